The Balaban J connectivity index is 1.95. The van der Waals surface area contributed by atoms with Crippen LogP contribution in [0.15, 0.2) is 29.3 Å². The number of hydrogen-bond acceptors (Lipinski definition) is 3. The second kappa shape index (κ2) is 5.00. The second-order valence-electron chi connectivity index (χ2n) is 4.77. The summed E-state index contributed by atoms with van der Waals surface area (Å²) in [5.41, 5.74) is 1.37. The van der Waals surface area contributed by atoms with Gasteiger partial charge < -0.3 is 10.1 Å². The number of methoxy groups -OCH3 is 1. The lowest BCUT2D eigenvalue weighted by atomic mass is 10.1. The van der Waals surface area contributed by atoms with Crippen molar-refractivity contribution >= 4 is 16.9 Å². The number of amidine groups is 1. The van der Waals surface area contributed by atoms with Crippen LogP contribution in [0.4, 0.5) is 0 Å². The molecule has 1 aliphatic heterocycles. The van der Waals surface area contributed by atoms with Gasteiger partial charge in [-0.15, -0.1) is 0 Å². The van der Waals surface area contributed by atoms with E-state index in [0.717, 1.165) is 23.2 Å². The summed E-state index contributed by atoms with van der Waals surface area (Å²) < 4.78 is 5.12. The number of nitrogens with one attached hydrogen (secondary N) is 1. The van der Waals surface area contributed by atoms with Crippen molar-refractivity contribution in [1.82, 2.24) is 5.32 Å². The van der Waals surface area contributed by atoms with Crippen LogP contribution in [-0.4, -0.2) is 23.6 Å². The van der Waals surface area contributed by atoms with Crippen molar-refractivity contribution in [3.8, 4) is 5.75 Å². The molecule has 1 aliphatic rings. The minimum Gasteiger partial charge on any atom is -0.497 e. The fourth-order valence-corrected chi connectivity index (χ4v) is 2.66. The van der Waals surface area contributed by atoms with Crippen molar-refractivity contribution in [2.45, 2.75) is 25.9 Å². The Labute approximate surface area is 107 Å². The molecule has 0 spiro atoms. The number of hydrogen-bond donors (Lipinski definition) is 1. The van der Waals surface area contributed by atoms with Gasteiger partial charge in [-0.2, -0.15) is 0 Å². The SMILES string of the molecule is COc1ccc(CN=C2NC(C)(C)CS2)cc1. The first-order valence-corrected chi connectivity index (χ1v) is 6.66. The van der Waals surface area contributed by atoms with E-state index >= 15 is 0 Å². The Hall–Kier alpha value is -1.16. The first kappa shape index (κ1) is 12.3. The van der Waals surface area contributed by atoms with Gasteiger partial charge in [0.1, 0.15) is 5.75 Å². The van der Waals surface area contributed by atoms with Gasteiger partial charge in [0.2, 0.25) is 0 Å². The van der Waals surface area contributed by atoms with Crippen LogP contribution >= 0.6 is 11.8 Å². The van der Waals surface area contributed by atoms with E-state index in [9.17, 15) is 0 Å². The van der Waals surface area contributed by atoms with Crippen LogP contribution in [0, 0.1) is 0 Å². The molecule has 0 aromatic heterocycles. The number of nitrogens with zero attached hydrogens (tertiary/aromatic N) is 1. The third-order valence-electron chi connectivity index (χ3n) is 2.58. The zero-order valence-electron chi connectivity index (χ0n) is 10.5. The molecule has 0 radical (unpaired) electrons. The Morgan fingerprint density at radius 3 is 2.59 bits per heavy atom. The fraction of sp³-hybridized carbons (Fsp3) is 0.462. The highest BCUT2D eigenvalue weighted by Gasteiger charge is 2.26. The number of aliphatic imine (C=N–C) groups is 1. The maximum absolute atomic E-state index is 5.12. The summed E-state index contributed by atoms with van der Waals surface area (Å²) in [4.78, 5) is 4.57. The van der Waals surface area contributed by atoms with Gasteiger partial charge in [-0.05, 0) is 31.5 Å². The molecule has 1 aromatic carbocycles. The molecule has 92 valence electrons. The summed E-state index contributed by atoms with van der Waals surface area (Å²) >= 11 is 1.79. The lowest BCUT2D eigenvalue weighted by molar-refractivity contribution is 0.414. The second-order valence-corrected chi connectivity index (χ2v) is 5.73. The molecule has 1 aromatic rings. The van der Waals surface area contributed by atoms with Gasteiger partial charge in [-0.3, -0.25) is 4.99 Å². The molecule has 0 amide bonds. The molecular formula is C13H18N2OS. The van der Waals surface area contributed by atoms with Crippen LogP contribution in [0.3, 0.4) is 0 Å². The molecule has 1 saturated heterocycles. The monoisotopic (exact) mass is 250 g/mol. The highest BCUT2D eigenvalue weighted by Crippen LogP contribution is 2.22. The molecule has 4 heteroatoms. The summed E-state index contributed by atoms with van der Waals surface area (Å²) in [5, 5.41) is 4.46. The predicted octanol–water partition coefficient (Wildman–Crippen LogP) is 2.67. The fourth-order valence-electron chi connectivity index (χ4n) is 1.59. The number of rotatable bonds is 3. The van der Waals surface area contributed by atoms with Crippen LogP contribution in [0.5, 0.6) is 5.75 Å². The van der Waals surface area contributed by atoms with Crippen molar-refractivity contribution in [2.24, 2.45) is 4.99 Å². The van der Waals surface area contributed by atoms with Crippen molar-refractivity contribution in [2.75, 3.05) is 12.9 Å². The van der Waals surface area contributed by atoms with Gasteiger partial charge in [0.25, 0.3) is 0 Å². The molecule has 2 rings (SSSR count). The zero-order valence-corrected chi connectivity index (χ0v) is 11.3. The highest BCUT2D eigenvalue weighted by atomic mass is 32.2. The summed E-state index contributed by atoms with van der Waals surface area (Å²) in [6.07, 6.45) is 0. The molecule has 17 heavy (non-hydrogen) atoms. The van der Waals surface area contributed by atoms with Gasteiger partial charge >= 0.3 is 0 Å². The highest BCUT2D eigenvalue weighted by molar-refractivity contribution is 8.14. The molecule has 0 unspecified atom stereocenters. The minimum absolute atomic E-state index is 0.170. The van der Waals surface area contributed by atoms with Crippen molar-refractivity contribution in [1.29, 1.82) is 0 Å². The van der Waals surface area contributed by atoms with Crippen LogP contribution in [0.2, 0.25) is 0 Å². The van der Waals surface area contributed by atoms with E-state index in [2.05, 4.69) is 24.2 Å². The van der Waals surface area contributed by atoms with Crippen LogP contribution < -0.4 is 10.1 Å². The van der Waals surface area contributed by atoms with E-state index in [4.69, 9.17) is 4.74 Å². The Morgan fingerprint density at radius 1 is 1.35 bits per heavy atom. The minimum atomic E-state index is 0.170. The molecular weight excluding hydrogens is 232 g/mol. The Bertz CT molecular complexity index is 412. The first-order valence-electron chi connectivity index (χ1n) is 5.67. The van der Waals surface area contributed by atoms with Gasteiger partial charge in [0.15, 0.2) is 5.17 Å². The molecule has 1 N–H and O–H groups in total. The smallest absolute Gasteiger partial charge is 0.157 e. The van der Waals surface area contributed by atoms with Crippen molar-refractivity contribution in [3.63, 3.8) is 0 Å². The third kappa shape index (κ3) is 3.40. The largest absolute Gasteiger partial charge is 0.497 e. The number of benzene rings is 1. The Kier molecular flexibility index (Phi) is 3.62. The zero-order chi connectivity index (χ0) is 12.3. The van der Waals surface area contributed by atoms with E-state index in [1.54, 1.807) is 18.9 Å². The molecule has 1 heterocycles. The number of ether oxygens (including phenoxy) is 1. The summed E-state index contributed by atoms with van der Waals surface area (Å²) in [7, 11) is 1.68. The van der Waals surface area contributed by atoms with Gasteiger partial charge in [0.05, 0.1) is 13.7 Å². The average Bonchev–Trinajstić information content (AvgIpc) is 2.67. The predicted molar refractivity (Wildman–Crippen MR) is 73.8 cm³/mol. The summed E-state index contributed by atoms with van der Waals surface area (Å²) in [6, 6.07) is 8.03. The standard InChI is InChI=1S/C13H18N2OS/c1-13(2)9-17-12(15-13)14-8-10-4-6-11(16-3)7-5-10/h4-7H,8-9H2,1-3H3,(H,14,15). The van der Waals surface area contributed by atoms with Crippen molar-refractivity contribution < 1.29 is 4.74 Å². The molecule has 1 fully saturated rings. The quantitative estimate of drug-likeness (QED) is 0.895. The van der Waals surface area contributed by atoms with Crippen LogP contribution in [0.25, 0.3) is 0 Å². The van der Waals surface area contributed by atoms with E-state index in [1.807, 2.05) is 24.3 Å². The van der Waals surface area contributed by atoms with Gasteiger partial charge in [0, 0.05) is 11.3 Å². The van der Waals surface area contributed by atoms with E-state index in [0.29, 0.717) is 0 Å². The van der Waals surface area contributed by atoms with Crippen molar-refractivity contribution in [3.05, 3.63) is 29.8 Å². The van der Waals surface area contributed by atoms with Gasteiger partial charge in [-0.1, -0.05) is 23.9 Å². The normalized spacial score (nSPS) is 20.3. The van der Waals surface area contributed by atoms with E-state index in [-0.39, 0.29) is 5.54 Å². The Morgan fingerprint density at radius 2 is 2.06 bits per heavy atom. The molecule has 0 saturated carbocycles. The topological polar surface area (TPSA) is 33.6 Å². The summed E-state index contributed by atoms with van der Waals surface area (Å²) in [5.74, 6) is 1.96. The molecule has 3 nitrogen and oxygen atoms in total. The van der Waals surface area contributed by atoms with E-state index < -0.39 is 0 Å². The number of thioether (sulfide) groups is 1. The van der Waals surface area contributed by atoms with Crippen LogP contribution in [0.1, 0.15) is 19.4 Å². The third-order valence-corrected chi connectivity index (χ3v) is 3.95. The average molecular weight is 250 g/mol. The molecule has 0 aliphatic carbocycles. The van der Waals surface area contributed by atoms with E-state index in [1.165, 1.54) is 5.56 Å². The maximum atomic E-state index is 5.12. The van der Waals surface area contributed by atoms with Gasteiger partial charge in [-0.25, -0.2) is 0 Å². The lowest BCUT2D eigenvalue weighted by Crippen LogP contribution is -2.36. The van der Waals surface area contributed by atoms with Crippen LogP contribution in [-0.2, 0) is 6.54 Å². The summed E-state index contributed by atoms with van der Waals surface area (Å²) in [6.45, 7) is 5.10. The maximum Gasteiger partial charge on any atom is 0.157 e. The first-order chi connectivity index (χ1) is 8.09. The molecule has 0 bridgehead atoms. The lowest BCUT2D eigenvalue weighted by Gasteiger charge is -2.15. The molecule has 0 atom stereocenters.